The number of hydrogen-bond donors (Lipinski definition) is 1. The first-order chi connectivity index (χ1) is 6.03. The van der Waals surface area contributed by atoms with Crippen molar-refractivity contribution in [1.82, 2.24) is 5.32 Å². The van der Waals surface area contributed by atoms with Gasteiger partial charge in [-0.05, 0) is 38.7 Å². The first kappa shape index (κ1) is 9.79. The third-order valence-corrected chi connectivity index (χ3v) is 1.86. The van der Waals surface area contributed by atoms with E-state index in [1.807, 2.05) is 12.1 Å². The number of rotatable bonds is 3. The number of hydrogen-bond acceptors (Lipinski definition) is 2. The lowest BCUT2D eigenvalue weighted by atomic mass is 10.1. The summed E-state index contributed by atoms with van der Waals surface area (Å²) in [6.45, 7) is 3.35. The van der Waals surface area contributed by atoms with Crippen molar-refractivity contribution in [2.45, 2.75) is 32.2 Å². The number of carbonyl (C=O) groups excluding carboxylic acids is 1. The van der Waals surface area contributed by atoms with E-state index in [9.17, 15) is 4.79 Å². The van der Waals surface area contributed by atoms with Crippen LogP contribution in [0, 0.1) is 17.2 Å². The number of allylic oxidation sites excluding steroid dienone is 1. The zero-order valence-corrected chi connectivity index (χ0v) is 8.00. The van der Waals surface area contributed by atoms with Crippen LogP contribution in [0.15, 0.2) is 12.2 Å². The molecule has 1 aliphatic carbocycles. The van der Waals surface area contributed by atoms with Crippen molar-refractivity contribution in [2.24, 2.45) is 5.92 Å². The van der Waals surface area contributed by atoms with E-state index in [4.69, 9.17) is 5.26 Å². The highest BCUT2D eigenvalue weighted by Gasteiger charge is 2.20. The zero-order valence-electron chi connectivity index (χ0n) is 8.00. The van der Waals surface area contributed by atoms with Gasteiger partial charge in [-0.2, -0.15) is 5.26 Å². The Kier molecular flexibility index (Phi) is 2.72. The standard InChI is InChI=1S/C10H14N2O/c1-10(2,7-11)12-9(13)6-5-8-3-4-8/h5-6,8H,3-4H2,1-2H3,(H,12,13)/b6-5+. The summed E-state index contributed by atoms with van der Waals surface area (Å²) in [5.41, 5.74) is -0.773. The molecule has 0 bridgehead atoms. The summed E-state index contributed by atoms with van der Waals surface area (Å²) in [7, 11) is 0. The predicted molar refractivity (Wildman–Crippen MR) is 49.7 cm³/mol. The van der Waals surface area contributed by atoms with Crippen LogP contribution in [0.1, 0.15) is 26.7 Å². The molecule has 0 aliphatic heterocycles. The summed E-state index contributed by atoms with van der Waals surface area (Å²) in [6, 6.07) is 2.01. The van der Waals surface area contributed by atoms with Crippen molar-refractivity contribution in [3.8, 4) is 6.07 Å². The van der Waals surface area contributed by atoms with Crippen LogP contribution in [-0.4, -0.2) is 11.4 Å². The lowest BCUT2D eigenvalue weighted by Crippen LogP contribution is -2.41. The molecule has 0 aromatic carbocycles. The number of nitriles is 1. The van der Waals surface area contributed by atoms with E-state index in [2.05, 4.69) is 5.32 Å². The monoisotopic (exact) mass is 178 g/mol. The largest absolute Gasteiger partial charge is 0.335 e. The molecule has 0 radical (unpaired) electrons. The molecule has 0 atom stereocenters. The van der Waals surface area contributed by atoms with Crippen LogP contribution in [0.3, 0.4) is 0 Å². The first-order valence-electron chi connectivity index (χ1n) is 4.45. The Morgan fingerprint density at radius 2 is 2.23 bits per heavy atom. The molecule has 1 rings (SSSR count). The zero-order chi connectivity index (χ0) is 9.90. The molecule has 1 saturated carbocycles. The van der Waals surface area contributed by atoms with Gasteiger partial charge in [0.1, 0.15) is 5.54 Å². The van der Waals surface area contributed by atoms with Crippen LogP contribution in [0.2, 0.25) is 0 Å². The van der Waals surface area contributed by atoms with Crippen molar-refractivity contribution in [3.63, 3.8) is 0 Å². The molecule has 0 saturated heterocycles. The number of nitrogens with one attached hydrogen (secondary N) is 1. The topological polar surface area (TPSA) is 52.9 Å². The maximum Gasteiger partial charge on any atom is 0.244 e. The van der Waals surface area contributed by atoms with Gasteiger partial charge in [0, 0.05) is 0 Å². The van der Waals surface area contributed by atoms with Crippen molar-refractivity contribution in [3.05, 3.63) is 12.2 Å². The normalized spacial score (nSPS) is 17.0. The highest BCUT2D eigenvalue weighted by Crippen LogP contribution is 2.29. The molecular formula is C10H14N2O. The summed E-state index contributed by atoms with van der Waals surface area (Å²) >= 11 is 0. The molecule has 0 heterocycles. The fourth-order valence-corrected chi connectivity index (χ4v) is 0.890. The molecule has 1 aliphatic rings. The average Bonchev–Trinajstić information content (AvgIpc) is 2.83. The van der Waals surface area contributed by atoms with Gasteiger partial charge in [0.25, 0.3) is 0 Å². The maximum atomic E-state index is 11.2. The Morgan fingerprint density at radius 1 is 1.62 bits per heavy atom. The summed E-state index contributed by atoms with van der Waals surface area (Å²) in [4.78, 5) is 11.2. The first-order valence-corrected chi connectivity index (χ1v) is 4.45. The van der Waals surface area contributed by atoms with E-state index >= 15 is 0 Å². The van der Waals surface area contributed by atoms with E-state index in [1.54, 1.807) is 13.8 Å². The van der Waals surface area contributed by atoms with Crippen molar-refractivity contribution >= 4 is 5.91 Å². The Bertz CT molecular complexity index is 269. The van der Waals surface area contributed by atoms with Gasteiger partial charge in [-0.3, -0.25) is 4.79 Å². The molecule has 1 fully saturated rings. The molecule has 13 heavy (non-hydrogen) atoms. The van der Waals surface area contributed by atoms with Gasteiger partial charge in [0.2, 0.25) is 5.91 Å². The number of amides is 1. The summed E-state index contributed by atoms with van der Waals surface area (Å²) in [5, 5.41) is 11.2. The Hall–Kier alpha value is -1.30. The molecule has 3 nitrogen and oxygen atoms in total. The molecular weight excluding hydrogens is 164 g/mol. The average molecular weight is 178 g/mol. The quantitative estimate of drug-likeness (QED) is 0.663. The van der Waals surface area contributed by atoms with E-state index < -0.39 is 5.54 Å². The van der Waals surface area contributed by atoms with Crippen LogP contribution < -0.4 is 5.32 Å². The third kappa shape index (κ3) is 3.75. The minimum atomic E-state index is -0.773. The minimum Gasteiger partial charge on any atom is -0.335 e. The summed E-state index contributed by atoms with van der Waals surface area (Å²) in [6.07, 6.45) is 5.80. The maximum absolute atomic E-state index is 11.2. The van der Waals surface area contributed by atoms with Crippen LogP contribution in [0.25, 0.3) is 0 Å². The minimum absolute atomic E-state index is 0.182. The molecule has 0 aromatic heterocycles. The van der Waals surface area contributed by atoms with Crippen LogP contribution in [0.5, 0.6) is 0 Å². The van der Waals surface area contributed by atoms with Gasteiger partial charge in [-0.15, -0.1) is 0 Å². The van der Waals surface area contributed by atoms with Crippen LogP contribution in [0.4, 0.5) is 0 Å². The molecule has 3 heteroatoms. The van der Waals surface area contributed by atoms with E-state index in [0.29, 0.717) is 5.92 Å². The fourth-order valence-electron chi connectivity index (χ4n) is 0.890. The molecule has 1 N–H and O–H groups in total. The van der Waals surface area contributed by atoms with E-state index in [-0.39, 0.29) is 5.91 Å². The second-order valence-electron chi connectivity index (χ2n) is 3.92. The smallest absolute Gasteiger partial charge is 0.244 e. The van der Waals surface area contributed by atoms with Gasteiger partial charge in [-0.25, -0.2) is 0 Å². The lowest BCUT2D eigenvalue weighted by Gasteiger charge is -2.15. The Morgan fingerprint density at radius 3 is 2.69 bits per heavy atom. The second-order valence-corrected chi connectivity index (χ2v) is 3.92. The van der Waals surface area contributed by atoms with Crippen molar-refractivity contribution in [2.75, 3.05) is 0 Å². The lowest BCUT2D eigenvalue weighted by molar-refractivity contribution is -0.117. The number of carbonyl (C=O) groups is 1. The number of nitrogens with zero attached hydrogens (tertiary/aromatic N) is 1. The molecule has 70 valence electrons. The van der Waals surface area contributed by atoms with Gasteiger partial charge in [-0.1, -0.05) is 6.08 Å². The molecule has 0 unspecified atom stereocenters. The molecule has 1 amide bonds. The van der Waals surface area contributed by atoms with Gasteiger partial charge in [0.15, 0.2) is 0 Å². The van der Waals surface area contributed by atoms with Crippen molar-refractivity contribution < 1.29 is 4.79 Å². The summed E-state index contributed by atoms with van der Waals surface area (Å²) in [5.74, 6) is 0.411. The van der Waals surface area contributed by atoms with E-state index in [1.165, 1.54) is 18.9 Å². The Balaban J connectivity index is 2.36. The van der Waals surface area contributed by atoms with Crippen molar-refractivity contribution in [1.29, 1.82) is 5.26 Å². The second kappa shape index (κ2) is 3.61. The van der Waals surface area contributed by atoms with Crippen LogP contribution >= 0.6 is 0 Å². The highest BCUT2D eigenvalue weighted by molar-refractivity contribution is 5.88. The third-order valence-electron chi connectivity index (χ3n) is 1.86. The highest BCUT2D eigenvalue weighted by atomic mass is 16.1. The van der Waals surface area contributed by atoms with Crippen LogP contribution in [-0.2, 0) is 4.79 Å². The van der Waals surface area contributed by atoms with E-state index in [0.717, 1.165) is 0 Å². The molecule has 0 spiro atoms. The van der Waals surface area contributed by atoms with Gasteiger partial charge < -0.3 is 5.32 Å². The SMILES string of the molecule is CC(C)(C#N)NC(=O)/C=C/C1CC1. The Labute approximate surface area is 78.4 Å². The molecule has 0 aromatic rings. The fraction of sp³-hybridized carbons (Fsp3) is 0.600. The van der Waals surface area contributed by atoms with Gasteiger partial charge in [0.05, 0.1) is 6.07 Å². The summed E-state index contributed by atoms with van der Waals surface area (Å²) < 4.78 is 0. The predicted octanol–water partition coefficient (Wildman–Crippen LogP) is 1.37. The van der Waals surface area contributed by atoms with Gasteiger partial charge >= 0.3 is 0 Å².